The number of ether oxygens (including phenoxy) is 3. The van der Waals surface area contributed by atoms with Crippen molar-refractivity contribution < 1.29 is 47.3 Å². The molecule has 9 heterocycles. The van der Waals surface area contributed by atoms with Crippen LogP contribution in [0.4, 0.5) is 39.4 Å². The summed E-state index contributed by atoms with van der Waals surface area (Å²) in [6.45, 7) is 18.6. The van der Waals surface area contributed by atoms with E-state index < -0.39 is 6.09 Å². The second-order valence-electron chi connectivity index (χ2n) is 24.8. The molecule has 1 aliphatic heterocycles. The molecule has 1 amide bonds. The van der Waals surface area contributed by atoms with Gasteiger partial charge in [0.25, 0.3) is 5.89 Å². The average Bonchev–Trinajstić information content (AvgIpc) is 1.67. The maximum Gasteiger partial charge on any atom is 0.407 e. The van der Waals surface area contributed by atoms with Gasteiger partial charge in [0.1, 0.15) is 57.6 Å². The number of aliphatic imine (C=N–C) groups is 1. The van der Waals surface area contributed by atoms with Crippen LogP contribution in [0.3, 0.4) is 0 Å². The Balaban J connectivity index is 0.000000145. The zero-order chi connectivity index (χ0) is 78.0. The number of aromatic nitrogens is 11. The van der Waals surface area contributed by atoms with E-state index in [0.717, 1.165) is 71.0 Å². The van der Waals surface area contributed by atoms with Gasteiger partial charge in [0.05, 0.1) is 65.4 Å². The number of nitrogens with zero attached hydrogens (tertiary/aromatic N) is 16. The fraction of sp³-hybridized carbons (Fsp3) is 0.177. The minimum Gasteiger partial charge on any atom is -0.471 e. The lowest BCUT2D eigenvalue weighted by atomic mass is 10.1. The Morgan fingerprint density at radius 1 is 0.589 bits per heavy atom. The molecule has 564 valence electrons. The summed E-state index contributed by atoms with van der Waals surface area (Å²) in [5, 5.41) is 22.0. The van der Waals surface area contributed by atoms with Crippen molar-refractivity contribution in [3.8, 4) is 11.8 Å². The smallest absolute Gasteiger partial charge is 0.407 e. The van der Waals surface area contributed by atoms with Crippen LogP contribution in [0.5, 0.6) is 11.8 Å². The summed E-state index contributed by atoms with van der Waals surface area (Å²) in [6, 6.07) is 47.9. The molecule has 0 aliphatic carbocycles. The summed E-state index contributed by atoms with van der Waals surface area (Å²) in [7, 11) is 5.67. The Bertz CT molecular complexity index is 5970. The number of aliphatic hydroxyl groups is 2. The van der Waals surface area contributed by atoms with E-state index in [1.807, 2.05) is 175 Å². The van der Waals surface area contributed by atoms with Gasteiger partial charge in [-0.3, -0.25) is 9.79 Å². The van der Waals surface area contributed by atoms with E-state index in [1.165, 1.54) is 29.0 Å². The number of aliphatic hydroxyl groups excluding tert-OH is 2. The predicted octanol–water partition coefficient (Wildman–Crippen LogP) is 12.8. The van der Waals surface area contributed by atoms with E-state index in [2.05, 4.69) is 74.8 Å². The van der Waals surface area contributed by atoms with Gasteiger partial charge in [-0.15, -0.1) is 22.7 Å². The topological polar surface area (TPSA) is 407 Å². The molecule has 16 rings (SSSR count). The standard InChI is InChI=1S/C35H29N9O4S.C20H16N4O2S.C13H14N6O.C11H12N2O3/c1-37-27(33-41-25-5-3-4-6-29(25)49-33)18-30-40-24-12-11-23(17-28(24)48-30)44(2)15-16-46-35(45)39-19-21-7-9-22(10-8-21)20-47-32-31-26(13-14-38-31)42-34(36)43-32;1-21-16(20-23-15-5-3-4-6-18(15)27-20)12-19-22-14-8-7-13(11-17(14)26-19)24(2)9-10-25;14-5-8-1-3-9(4-2-8)6-20-12-10-11(17-7-16-10)18-13(15)19-12;1-13(4-5-14)8-2-3-9-10(6-8)16-11(7-15)12-9/h3-12,14,17-18H,13,15-16,19-20H2,2H3,(H,39,45)(H2,36,42,43);3-8,11-12,25H,9-10H2,2H3;1-4,7H,5-6,14H2,(H3,15,16,17,18,19);2-3,6-7,14H,4-5H2,1H3/b27-18-;16-12-;;. The number of imidazole rings is 1. The Morgan fingerprint density at radius 2 is 1.07 bits per heavy atom. The normalized spacial score (nSPS) is 11.6. The third-order valence-electron chi connectivity index (χ3n) is 17.1. The fourth-order valence-electron chi connectivity index (χ4n) is 11.2. The van der Waals surface area contributed by atoms with Crippen molar-refractivity contribution in [1.82, 2.24) is 60.1 Å². The lowest BCUT2D eigenvalue weighted by molar-refractivity contribution is 0.109. The molecule has 7 aromatic carbocycles. The lowest BCUT2D eigenvalue weighted by Crippen LogP contribution is -2.28. The summed E-state index contributed by atoms with van der Waals surface area (Å²) in [5.41, 5.74) is 32.4. The van der Waals surface area contributed by atoms with Gasteiger partial charge in [-0.05, 0) is 82.9 Å². The second kappa shape index (κ2) is 35.8. The lowest BCUT2D eigenvalue weighted by Gasteiger charge is -2.19. The van der Waals surface area contributed by atoms with Gasteiger partial charge in [-0.25, -0.2) is 49.4 Å². The summed E-state index contributed by atoms with van der Waals surface area (Å²) >= 11 is 2.93. The number of para-hydroxylation sites is 2. The first-order valence-electron chi connectivity index (χ1n) is 34.7. The minimum absolute atomic E-state index is 0.0788. The highest BCUT2D eigenvalue weighted by atomic mass is 32.1. The molecular formula is C79H71N21O10S2. The van der Waals surface area contributed by atoms with Gasteiger partial charge in [0.15, 0.2) is 22.4 Å². The maximum atomic E-state index is 12.4. The van der Waals surface area contributed by atoms with Crippen molar-refractivity contribution in [3.05, 3.63) is 236 Å². The second-order valence-corrected chi connectivity index (χ2v) is 26.8. The van der Waals surface area contributed by atoms with Crippen LogP contribution in [0.15, 0.2) is 176 Å². The van der Waals surface area contributed by atoms with Gasteiger partial charge < -0.3 is 79.9 Å². The van der Waals surface area contributed by atoms with Gasteiger partial charge in [0.2, 0.25) is 53.1 Å². The third-order valence-corrected chi connectivity index (χ3v) is 19.2. The highest BCUT2D eigenvalue weighted by Crippen LogP contribution is 2.35. The molecular weight excluding hydrogens is 1470 g/mol. The van der Waals surface area contributed by atoms with Gasteiger partial charge >= 0.3 is 6.09 Å². The number of carbonyl (C=O) groups is 2. The number of H-pyrrole nitrogens is 1. The molecule has 31 nitrogen and oxygen atoms in total. The number of rotatable bonds is 24. The summed E-state index contributed by atoms with van der Waals surface area (Å²) < 4.78 is 36.0. The summed E-state index contributed by atoms with van der Waals surface area (Å²) in [6.07, 6.45) is 7.20. The zero-order valence-electron chi connectivity index (χ0n) is 60.5. The van der Waals surface area contributed by atoms with Crippen molar-refractivity contribution in [3.63, 3.8) is 0 Å². The summed E-state index contributed by atoms with van der Waals surface area (Å²) in [4.78, 5) is 85.7. The van der Waals surface area contributed by atoms with Crippen LogP contribution in [0.25, 0.3) is 98.1 Å². The Hall–Kier alpha value is -14.1. The molecule has 112 heavy (non-hydrogen) atoms. The molecule has 10 N–H and O–H groups in total. The van der Waals surface area contributed by atoms with Gasteiger partial charge in [-0.1, -0.05) is 72.8 Å². The van der Waals surface area contributed by atoms with Crippen LogP contribution in [0.1, 0.15) is 60.4 Å². The number of hydrogen-bond donors (Lipinski definition) is 7. The van der Waals surface area contributed by atoms with Crippen LogP contribution >= 0.6 is 22.7 Å². The number of fused-ring (bicyclic) bond motifs is 7. The van der Waals surface area contributed by atoms with Crippen molar-refractivity contribution in [1.29, 1.82) is 0 Å². The molecule has 33 heteroatoms. The number of likely N-dealkylation sites (N-methyl/N-ethyl adjacent to an activating group) is 3. The van der Waals surface area contributed by atoms with Crippen LogP contribution < -0.4 is 46.7 Å². The molecule has 0 saturated heterocycles. The van der Waals surface area contributed by atoms with Crippen molar-refractivity contribution in [2.75, 3.05) is 86.8 Å². The predicted molar refractivity (Wildman–Crippen MR) is 432 cm³/mol. The Kier molecular flexibility index (Phi) is 24.3. The number of aldehydes is 1. The van der Waals surface area contributed by atoms with E-state index in [9.17, 15) is 9.59 Å². The number of benzene rings is 7. The molecule has 0 bridgehead atoms. The third kappa shape index (κ3) is 18.9. The van der Waals surface area contributed by atoms with Gasteiger partial charge in [-0.2, -0.15) is 15.0 Å². The van der Waals surface area contributed by atoms with E-state index in [-0.39, 0.29) is 44.2 Å². The number of nitrogens with one attached hydrogen (secondary N) is 2. The number of anilines is 5. The molecule has 8 aromatic heterocycles. The first-order chi connectivity index (χ1) is 54.6. The van der Waals surface area contributed by atoms with Crippen molar-refractivity contribution in [2.24, 2.45) is 10.7 Å². The molecule has 0 radical (unpaired) electrons. The molecule has 15 aromatic rings. The number of oxazole rings is 3. The van der Waals surface area contributed by atoms with E-state index >= 15 is 0 Å². The largest absolute Gasteiger partial charge is 0.471 e. The van der Waals surface area contributed by atoms with Crippen LogP contribution in [-0.2, 0) is 37.5 Å². The number of aromatic amines is 1. The molecule has 0 unspecified atom stereocenters. The Labute approximate surface area is 646 Å². The Morgan fingerprint density at radius 3 is 1.59 bits per heavy atom. The highest BCUT2D eigenvalue weighted by molar-refractivity contribution is 7.20. The van der Waals surface area contributed by atoms with E-state index in [1.54, 1.807) is 30.5 Å². The number of hydrogen-bond acceptors (Lipinski definition) is 29. The van der Waals surface area contributed by atoms with Crippen LogP contribution in [-0.4, -0.2) is 144 Å². The highest BCUT2D eigenvalue weighted by Gasteiger charge is 2.20. The fourth-order valence-corrected chi connectivity index (χ4v) is 13.0. The van der Waals surface area contributed by atoms with Gasteiger partial charge in [0, 0.05) is 107 Å². The number of alkyl carbamates (subject to hydrolysis) is 1. The number of carbonyl (C=O) groups excluding carboxylic acids is 2. The molecule has 0 spiro atoms. The molecule has 0 fully saturated rings. The zero-order valence-corrected chi connectivity index (χ0v) is 62.1. The van der Waals surface area contributed by atoms with Crippen molar-refractivity contribution in [2.45, 2.75) is 32.7 Å². The molecule has 0 saturated carbocycles. The van der Waals surface area contributed by atoms with Crippen molar-refractivity contribution >= 4 is 164 Å². The first-order valence-corrected chi connectivity index (χ1v) is 36.3. The van der Waals surface area contributed by atoms with Crippen LogP contribution in [0.2, 0.25) is 0 Å². The molecule has 0 atom stereocenters. The first kappa shape index (κ1) is 76.1. The minimum atomic E-state index is -0.512. The SMILES string of the molecule is CN(CCO)c1ccc2nc(C=O)oc2c1.NCc1ccc(COc2nc(N)nc3nc[nH]c23)cc1.[C-]#[N+]/C(=C\c1nc2ccc(N(C)CCO)cc2o1)c1nc2ccccc2s1.[C-]#[N+]/C(=C\c1nc2ccc(N(C)CCOC(=O)NCc3ccc(COc4nc(N)nc5c4N=CC5)cc3)cc2o1)c1nc2ccccc2s1. The quantitative estimate of drug-likeness (QED) is 0.0218. The van der Waals surface area contributed by atoms with E-state index in [4.69, 9.17) is 68.0 Å². The monoisotopic (exact) mass is 1540 g/mol. The molecule has 1 aliphatic rings. The number of nitrogen functional groups attached to an aromatic ring is 2. The maximum absolute atomic E-state index is 12.4. The van der Waals surface area contributed by atoms with Crippen LogP contribution in [0, 0.1) is 13.1 Å². The number of amides is 1. The number of thiazole rings is 2. The average molecular weight is 1540 g/mol. The summed E-state index contributed by atoms with van der Waals surface area (Å²) in [5.74, 6) is 1.84. The van der Waals surface area contributed by atoms with E-state index in [0.29, 0.717) is 142 Å². The number of nitrogens with two attached hydrogens (primary N) is 3.